The summed E-state index contributed by atoms with van der Waals surface area (Å²) in [6.45, 7) is 0.0879. The molecule has 0 saturated carbocycles. The van der Waals surface area contributed by atoms with Crippen LogP contribution in [0.3, 0.4) is 0 Å². The number of alkyl halides is 1. The van der Waals surface area contributed by atoms with E-state index in [4.69, 9.17) is 0 Å². The van der Waals surface area contributed by atoms with Gasteiger partial charge in [0.25, 0.3) is 0 Å². The molecular formula is C21H17F3N2O2. The van der Waals surface area contributed by atoms with Crippen molar-refractivity contribution in [1.82, 2.24) is 5.01 Å². The summed E-state index contributed by atoms with van der Waals surface area (Å²) >= 11 is 0. The Balaban J connectivity index is 2.16. The molecule has 1 atom stereocenters. The molecule has 0 spiro atoms. The molecule has 0 aliphatic carbocycles. The minimum Gasteiger partial charge on any atom is -0.292 e. The number of allylic oxidation sites excluding steroid dienone is 1. The zero-order chi connectivity index (χ0) is 20.3. The molecule has 7 heteroatoms. The molecule has 4 nitrogen and oxygen atoms in total. The Morgan fingerprint density at radius 2 is 1.89 bits per heavy atom. The molecule has 3 rings (SSSR count). The lowest BCUT2D eigenvalue weighted by atomic mass is 9.83. The predicted octanol–water partition coefficient (Wildman–Crippen LogP) is 3.91. The highest BCUT2D eigenvalue weighted by atomic mass is 19.1. The van der Waals surface area contributed by atoms with E-state index in [2.05, 4.69) is 5.10 Å². The van der Waals surface area contributed by atoms with Gasteiger partial charge in [-0.3, -0.25) is 9.59 Å². The van der Waals surface area contributed by atoms with E-state index in [1.54, 1.807) is 30.3 Å². The van der Waals surface area contributed by atoms with Crippen LogP contribution in [0.15, 0.2) is 65.8 Å². The number of halogens is 3. The Morgan fingerprint density at radius 3 is 2.54 bits per heavy atom. The van der Waals surface area contributed by atoms with Crippen LogP contribution in [0.5, 0.6) is 0 Å². The van der Waals surface area contributed by atoms with E-state index in [0.29, 0.717) is 5.56 Å². The van der Waals surface area contributed by atoms with E-state index < -0.39 is 35.5 Å². The Bertz CT molecular complexity index is 973. The van der Waals surface area contributed by atoms with Gasteiger partial charge in [-0.1, -0.05) is 30.3 Å². The molecule has 1 aliphatic heterocycles. The van der Waals surface area contributed by atoms with Gasteiger partial charge in [0.1, 0.15) is 17.2 Å². The maximum absolute atomic E-state index is 14.3. The molecule has 144 valence electrons. The van der Waals surface area contributed by atoms with E-state index in [1.165, 1.54) is 13.0 Å². The van der Waals surface area contributed by atoms with Crippen LogP contribution in [0, 0.1) is 11.6 Å². The number of ketones is 1. The summed E-state index contributed by atoms with van der Waals surface area (Å²) in [5, 5.41) is 5.35. The number of nitrogens with zero attached hydrogens (tertiary/aromatic N) is 2. The second kappa shape index (κ2) is 7.80. The normalized spacial score (nSPS) is 19.1. The number of rotatable bonds is 5. The molecule has 1 heterocycles. The number of benzene rings is 2. The minimum atomic E-state index is -1.26. The van der Waals surface area contributed by atoms with Crippen molar-refractivity contribution in [1.29, 1.82) is 0 Å². The van der Waals surface area contributed by atoms with Crippen molar-refractivity contribution in [2.75, 3.05) is 6.67 Å². The van der Waals surface area contributed by atoms with Gasteiger partial charge in [-0.25, -0.2) is 18.2 Å². The van der Waals surface area contributed by atoms with Gasteiger partial charge in [-0.05, 0) is 35.9 Å². The summed E-state index contributed by atoms with van der Waals surface area (Å²) in [6, 6.07) is 11.7. The van der Waals surface area contributed by atoms with Gasteiger partial charge in [0.2, 0.25) is 5.91 Å². The number of hydrogen-bond acceptors (Lipinski definition) is 3. The second-order valence-corrected chi connectivity index (χ2v) is 6.40. The lowest BCUT2D eigenvalue weighted by Crippen LogP contribution is -2.41. The summed E-state index contributed by atoms with van der Waals surface area (Å²) < 4.78 is 40.7. The van der Waals surface area contributed by atoms with Crippen molar-refractivity contribution in [3.8, 4) is 0 Å². The van der Waals surface area contributed by atoms with E-state index in [0.717, 1.165) is 29.3 Å². The first-order chi connectivity index (χ1) is 13.4. The van der Waals surface area contributed by atoms with Crippen LogP contribution in [0.2, 0.25) is 0 Å². The molecule has 0 aromatic heterocycles. The molecule has 2 aromatic carbocycles. The Hall–Kier alpha value is -3.22. The van der Waals surface area contributed by atoms with Crippen LogP contribution in [-0.4, -0.2) is 29.1 Å². The highest BCUT2D eigenvalue weighted by molar-refractivity contribution is 6.04. The third-order valence-electron chi connectivity index (χ3n) is 4.52. The van der Waals surface area contributed by atoms with Gasteiger partial charge < -0.3 is 0 Å². The van der Waals surface area contributed by atoms with Crippen LogP contribution < -0.4 is 0 Å². The van der Waals surface area contributed by atoms with Crippen molar-refractivity contribution >= 4 is 17.4 Å². The summed E-state index contributed by atoms with van der Waals surface area (Å²) in [4.78, 5) is 23.9. The summed E-state index contributed by atoms with van der Waals surface area (Å²) in [5.74, 6) is -2.57. The molecule has 2 aromatic rings. The zero-order valence-electron chi connectivity index (χ0n) is 15.0. The van der Waals surface area contributed by atoms with E-state index in [1.807, 2.05) is 0 Å². The molecule has 1 amide bonds. The van der Waals surface area contributed by atoms with Crippen LogP contribution in [-0.2, 0) is 15.1 Å². The molecule has 0 bridgehead atoms. The van der Waals surface area contributed by atoms with E-state index in [-0.39, 0.29) is 17.7 Å². The quantitative estimate of drug-likeness (QED) is 0.732. The van der Waals surface area contributed by atoms with Crippen LogP contribution in [0.4, 0.5) is 13.2 Å². The maximum Gasteiger partial charge on any atom is 0.240 e. The molecular weight excluding hydrogens is 369 g/mol. The third kappa shape index (κ3) is 3.60. The molecule has 0 saturated heterocycles. The number of carbonyl (C=O) groups excluding carboxylic acids is 2. The number of amides is 1. The van der Waals surface area contributed by atoms with Gasteiger partial charge in [0.05, 0.1) is 5.71 Å². The largest absolute Gasteiger partial charge is 0.292 e. The molecule has 0 radical (unpaired) electrons. The first kappa shape index (κ1) is 19.5. The predicted molar refractivity (Wildman–Crippen MR) is 98.3 cm³/mol. The first-order valence-electron chi connectivity index (χ1n) is 8.54. The Labute approximate surface area is 160 Å². The second-order valence-electron chi connectivity index (χ2n) is 6.40. The fourth-order valence-corrected chi connectivity index (χ4v) is 3.25. The van der Waals surface area contributed by atoms with Gasteiger partial charge in [0, 0.05) is 18.9 Å². The van der Waals surface area contributed by atoms with Crippen LogP contribution in [0.25, 0.3) is 0 Å². The lowest BCUT2D eigenvalue weighted by molar-refractivity contribution is -0.133. The minimum absolute atomic E-state index is 0.00691. The fraction of sp³-hybridized carbons (Fsp3) is 0.190. The molecule has 0 fully saturated rings. The Kier molecular flexibility index (Phi) is 5.44. The zero-order valence-corrected chi connectivity index (χ0v) is 15.0. The van der Waals surface area contributed by atoms with E-state index in [9.17, 15) is 22.8 Å². The van der Waals surface area contributed by atoms with Gasteiger partial charge >= 0.3 is 0 Å². The first-order valence-corrected chi connectivity index (χ1v) is 8.54. The van der Waals surface area contributed by atoms with Crippen LogP contribution >= 0.6 is 0 Å². The van der Waals surface area contributed by atoms with Crippen LogP contribution in [0.1, 0.15) is 24.5 Å². The molecule has 0 unspecified atom stereocenters. The van der Waals surface area contributed by atoms with Gasteiger partial charge in [0.15, 0.2) is 12.5 Å². The third-order valence-corrected chi connectivity index (χ3v) is 4.52. The fourth-order valence-electron chi connectivity index (χ4n) is 3.25. The van der Waals surface area contributed by atoms with Crippen molar-refractivity contribution in [3.63, 3.8) is 0 Å². The van der Waals surface area contributed by atoms with Crippen molar-refractivity contribution in [3.05, 3.63) is 83.4 Å². The highest BCUT2D eigenvalue weighted by Gasteiger charge is 2.45. The Morgan fingerprint density at radius 1 is 1.18 bits per heavy atom. The summed E-state index contributed by atoms with van der Waals surface area (Å²) in [6.07, 6.45) is 2.43. The van der Waals surface area contributed by atoms with E-state index >= 15 is 0 Å². The molecule has 28 heavy (non-hydrogen) atoms. The van der Waals surface area contributed by atoms with Crippen molar-refractivity contribution in [2.45, 2.75) is 18.9 Å². The highest BCUT2D eigenvalue weighted by Crippen LogP contribution is 2.41. The SMILES string of the molecule is CC(=O)N1N=C(c2cc(F)ccc2F)C[C@@]1(C=CC(=O)CF)c1ccccc1. The number of hydrogen-bond donors (Lipinski definition) is 0. The van der Waals surface area contributed by atoms with Gasteiger partial charge in [-0.2, -0.15) is 5.10 Å². The van der Waals surface area contributed by atoms with Crippen molar-refractivity contribution < 1.29 is 22.8 Å². The average Bonchev–Trinajstić information content (AvgIpc) is 3.09. The molecule has 0 N–H and O–H groups in total. The smallest absolute Gasteiger partial charge is 0.240 e. The van der Waals surface area contributed by atoms with Gasteiger partial charge in [-0.15, -0.1) is 0 Å². The molecule has 1 aliphatic rings. The average molecular weight is 386 g/mol. The number of hydrazone groups is 1. The standard InChI is InChI=1S/C21H17F3N2O2/c1-14(27)26-21(10-9-17(28)13-22,15-5-3-2-4-6-15)12-20(25-26)18-11-16(23)7-8-19(18)24/h2-11H,12-13H2,1H3/t21-/m0/s1. The monoisotopic (exact) mass is 386 g/mol. The summed E-state index contributed by atoms with van der Waals surface area (Å²) in [7, 11) is 0. The number of carbonyl (C=O) groups is 2. The maximum atomic E-state index is 14.3. The lowest BCUT2D eigenvalue weighted by Gasteiger charge is -2.33. The van der Waals surface area contributed by atoms with Crippen molar-refractivity contribution in [2.24, 2.45) is 5.10 Å². The summed E-state index contributed by atoms with van der Waals surface area (Å²) in [5.41, 5.74) is -0.585. The topological polar surface area (TPSA) is 49.7 Å².